The molecule has 0 aromatic rings. The van der Waals surface area contributed by atoms with E-state index in [9.17, 15) is 4.79 Å². The highest BCUT2D eigenvalue weighted by atomic mass is 16.5. The first-order valence-electron chi connectivity index (χ1n) is 5.38. The third-order valence-corrected chi connectivity index (χ3v) is 1.92. The average molecular weight is 214 g/mol. The second-order valence-corrected chi connectivity index (χ2v) is 3.27. The molecule has 0 saturated heterocycles. The predicted octanol–water partition coefficient (Wildman–Crippen LogP) is 0.695. The van der Waals surface area contributed by atoms with E-state index in [4.69, 9.17) is 4.74 Å². The van der Waals surface area contributed by atoms with Gasteiger partial charge >= 0.3 is 0 Å². The largest absolute Gasteiger partial charge is 0.383 e. The number of amides is 1. The van der Waals surface area contributed by atoms with E-state index in [1.807, 2.05) is 6.08 Å². The van der Waals surface area contributed by atoms with Crippen molar-refractivity contribution in [2.24, 2.45) is 0 Å². The van der Waals surface area contributed by atoms with Gasteiger partial charge in [-0.25, -0.2) is 0 Å². The molecule has 0 saturated carbocycles. The summed E-state index contributed by atoms with van der Waals surface area (Å²) in [4.78, 5) is 11.2. The monoisotopic (exact) mass is 214 g/mol. The molecule has 4 nitrogen and oxygen atoms in total. The van der Waals surface area contributed by atoms with Gasteiger partial charge in [-0.05, 0) is 12.8 Å². The van der Waals surface area contributed by atoms with Crippen molar-refractivity contribution in [1.82, 2.24) is 10.6 Å². The number of carbonyl (C=O) groups is 1. The Morgan fingerprint density at radius 2 is 2.20 bits per heavy atom. The predicted molar refractivity (Wildman–Crippen MR) is 61.8 cm³/mol. The van der Waals surface area contributed by atoms with Gasteiger partial charge in [-0.15, -0.1) is 6.58 Å². The third-order valence-electron chi connectivity index (χ3n) is 1.92. The molecule has 0 spiro atoms. The maximum atomic E-state index is 11.2. The highest BCUT2D eigenvalue weighted by molar-refractivity contribution is 5.75. The molecule has 0 aliphatic heterocycles. The Balaban J connectivity index is 3.13. The maximum absolute atomic E-state index is 11.2. The molecule has 0 aromatic carbocycles. The molecule has 4 heteroatoms. The molecule has 0 radical (unpaired) electrons. The van der Waals surface area contributed by atoms with Crippen molar-refractivity contribution in [3.05, 3.63) is 12.7 Å². The van der Waals surface area contributed by atoms with Gasteiger partial charge in [0.1, 0.15) is 0 Å². The van der Waals surface area contributed by atoms with Crippen LogP contribution in [0.5, 0.6) is 0 Å². The Labute approximate surface area is 92.1 Å². The molecule has 0 atom stereocenters. The number of methoxy groups -OCH3 is 1. The number of carbonyl (C=O) groups excluding carboxylic acids is 1. The van der Waals surface area contributed by atoms with Crippen molar-refractivity contribution in [3.8, 4) is 0 Å². The van der Waals surface area contributed by atoms with E-state index in [0.29, 0.717) is 19.6 Å². The Hall–Kier alpha value is -0.870. The van der Waals surface area contributed by atoms with Crippen molar-refractivity contribution in [3.63, 3.8) is 0 Å². The minimum atomic E-state index is 0.116. The molecule has 15 heavy (non-hydrogen) atoms. The maximum Gasteiger partial charge on any atom is 0.220 e. The Kier molecular flexibility index (Phi) is 10.6. The number of nitrogens with one attached hydrogen (secondary N) is 2. The van der Waals surface area contributed by atoms with Gasteiger partial charge in [-0.3, -0.25) is 4.79 Å². The highest BCUT2D eigenvalue weighted by Crippen LogP contribution is 1.94. The Morgan fingerprint density at radius 1 is 1.40 bits per heavy atom. The number of unbranched alkanes of at least 4 members (excludes halogenated alkanes) is 1. The zero-order valence-electron chi connectivity index (χ0n) is 9.55. The van der Waals surface area contributed by atoms with E-state index in [2.05, 4.69) is 17.2 Å². The van der Waals surface area contributed by atoms with E-state index < -0.39 is 0 Å². The fourth-order valence-electron chi connectivity index (χ4n) is 1.08. The summed E-state index contributed by atoms with van der Waals surface area (Å²) in [5.41, 5.74) is 0. The zero-order valence-corrected chi connectivity index (χ0v) is 9.55. The van der Waals surface area contributed by atoms with Crippen molar-refractivity contribution >= 4 is 5.91 Å². The fraction of sp³-hybridized carbons (Fsp3) is 0.727. The van der Waals surface area contributed by atoms with E-state index in [1.165, 1.54) is 0 Å². The summed E-state index contributed by atoms with van der Waals surface area (Å²) in [6.45, 7) is 6.60. The second-order valence-electron chi connectivity index (χ2n) is 3.27. The lowest BCUT2D eigenvalue weighted by atomic mass is 10.2. The molecule has 0 aliphatic carbocycles. The van der Waals surface area contributed by atoms with Crippen LogP contribution >= 0.6 is 0 Å². The molecule has 0 rings (SSSR count). The molecule has 0 bridgehead atoms. The molecule has 0 heterocycles. The molecule has 2 N–H and O–H groups in total. The van der Waals surface area contributed by atoms with Gasteiger partial charge in [0.15, 0.2) is 0 Å². The molecular weight excluding hydrogens is 192 g/mol. The molecule has 1 amide bonds. The van der Waals surface area contributed by atoms with Crippen LogP contribution in [0.3, 0.4) is 0 Å². The quantitative estimate of drug-likeness (QED) is 0.415. The standard InChI is InChI=1S/C11H22N2O2/c1-3-4-5-6-11(14)13-8-7-12-9-10-15-2/h3,12H,1,4-10H2,2H3,(H,13,14). The van der Waals surface area contributed by atoms with Crippen molar-refractivity contribution in [2.75, 3.05) is 33.4 Å². The lowest BCUT2D eigenvalue weighted by Crippen LogP contribution is -2.32. The normalized spacial score (nSPS) is 9.93. The van der Waals surface area contributed by atoms with Gasteiger partial charge in [-0.2, -0.15) is 0 Å². The average Bonchev–Trinajstić information content (AvgIpc) is 2.23. The summed E-state index contributed by atoms with van der Waals surface area (Å²) < 4.78 is 4.88. The minimum absolute atomic E-state index is 0.116. The van der Waals surface area contributed by atoms with Crippen LogP contribution in [0.25, 0.3) is 0 Å². The van der Waals surface area contributed by atoms with Crippen LogP contribution in [0.2, 0.25) is 0 Å². The smallest absolute Gasteiger partial charge is 0.220 e. The Morgan fingerprint density at radius 3 is 2.87 bits per heavy atom. The summed E-state index contributed by atoms with van der Waals surface area (Å²) in [6.07, 6.45) is 4.20. The first-order valence-corrected chi connectivity index (χ1v) is 5.38. The molecule has 0 aromatic heterocycles. The molecule has 0 fully saturated rings. The lowest BCUT2D eigenvalue weighted by Gasteiger charge is -2.05. The zero-order chi connectivity index (χ0) is 11.4. The highest BCUT2D eigenvalue weighted by Gasteiger charge is 1.98. The molecule has 0 unspecified atom stereocenters. The Bertz CT molecular complexity index is 172. The first-order chi connectivity index (χ1) is 7.31. The molecular formula is C11H22N2O2. The van der Waals surface area contributed by atoms with Gasteiger partial charge in [0.2, 0.25) is 5.91 Å². The van der Waals surface area contributed by atoms with Crippen LogP contribution in [-0.4, -0.2) is 39.3 Å². The van der Waals surface area contributed by atoms with Crippen LogP contribution in [-0.2, 0) is 9.53 Å². The van der Waals surface area contributed by atoms with Crippen molar-refractivity contribution in [2.45, 2.75) is 19.3 Å². The number of rotatable bonds is 10. The van der Waals surface area contributed by atoms with Crippen molar-refractivity contribution < 1.29 is 9.53 Å². The SMILES string of the molecule is C=CCCCC(=O)NCCNCCOC. The first kappa shape index (κ1) is 14.1. The van der Waals surface area contributed by atoms with Gasteiger partial charge in [0, 0.05) is 33.2 Å². The number of hydrogen-bond acceptors (Lipinski definition) is 3. The molecule has 0 aliphatic rings. The van der Waals surface area contributed by atoms with Crippen LogP contribution in [0.1, 0.15) is 19.3 Å². The second kappa shape index (κ2) is 11.2. The fourth-order valence-corrected chi connectivity index (χ4v) is 1.08. The lowest BCUT2D eigenvalue weighted by molar-refractivity contribution is -0.121. The van der Waals surface area contributed by atoms with Gasteiger partial charge in [0.05, 0.1) is 6.61 Å². The minimum Gasteiger partial charge on any atom is -0.383 e. The summed E-state index contributed by atoms with van der Waals surface area (Å²) in [5.74, 6) is 0.116. The summed E-state index contributed by atoms with van der Waals surface area (Å²) in [7, 11) is 1.67. The number of hydrogen-bond donors (Lipinski definition) is 2. The van der Waals surface area contributed by atoms with Gasteiger partial charge < -0.3 is 15.4 Å². The summed E-state index contributed by atoms with van der Waals surface area (Å²) in [5, 5.41) is 5.99. The van der Waals surface area contributed by atoms with Gasteiger partial charge in [0.25, 0.3) is 0 Å². The van der Waals surface area contributed by atoms with Crippen LogP contribution in [0.4, 0.5) is 0 Å². The third kappa shape index (κ3) is 11.1. The van der Waals surface area contributed by atoms with E-state index in [-0.39, 0.29) is 5.91 Å². The van der Waals surface area contributed by atoms with Crippen LogP contribution in [0, 0.1) is 0 Å². The topological polar surface area (TPSA) is 50.4 Å². The summed E-state index contributed by atoms with van der Waals surface area (Å²) >= 11 is 0. The van der Waals surface area contributed by atoms with E-state index >= 15 is 0 Å². The molecule has 88 valence electrons. The van der Waals surface area contributed by atoms with Crippen LogP contribution < -0.4 is 10.6 Å². The van der Waals surface area contributed by atoms with Gasteiger partial charge in [-0.1, -0.05) is 6.08 Å². The summed E-state index contributed by atoms with van der Waals surface area (Å²) in [6, 6.07) is 0. The number of allylic oxidation sites excluding steroid dienone is 1. The van der Waals surface area contributed by atoms with E-state index in [1.54, 1.807) is 7.11 Å². The van der Waals surface area contributed by atoms with Crippen molar-refractivity contribution in [1.29, 1.82) is 0 Å². The number of ether oxygens (including phenoxy) is 1. The van der Waals surface area contributed by atoms with Crippen LogP contribution in [0.15, 0.2) is 12.7 Å². The van der Waals surface area contributed by atoms with E-state index in [0.717, 1.165) is 25.9 Å².